The van der Waals surface area contributed by atoms with Crippen LogP contribution >= 0.6 is 11.8 Å². The standard InChI is InChI=1S/C22H24FN3O3S/c1-22(2,3)19(27)14-30-21-25-24-20(26(21)18-8-6-5-7-17(18)23)13-29-16-11-9-15(28-4)10-12-16/h5-12H,13-14H2,1-4H3. The summed E-state index contributed by atoms with van der Waals surface area (Å²) in [7, 11) is 1.59. The maximum absolute atomic E-state index is 14.5. The van der Waals surface area contributed by atoms with Gasteiger partial charge >= 0.3 is 0 Å². The SMILES string of the molecule is COc1ccc(OCc2nnc(SCC(=O)C(C)(C)C)n2-c2ccccc2F)cc1. The molecule has 1 heterocycles. The molecule has 0 bridgehead atoms. The first-order chi connectivity index (χ1) is 14.3. The van der Waals surface area contributed by atoms with Crippen molar-refractivity contribution in [1.82, 2.24) is 14.8 Å². The Labute approximate surface area is 179 Å². The van der Waals surface area contributed by atoms with Crippen LogP contribution in [0.5, 0.6) is 11.5 Å². The summed E-state index contributed by atoms with van der Waals surface area (Å²) in [5.41, 5.74) is -0.155. The maximum Gasteiger partial charge on any atom is 0.196 e. The van der Waals surface area contributed by atoms with E-state index < -0.39 is 11.2 Å². The number of rotatable bonds is 8. The van der Waals surface area contributed by atoms with Gasteiger partial charge in [-0.15, -0.1) is 10.2 Å². The summed E-state index contributed by atoms with van der Waals surface area (Å²) >= 11 is 1.23. The number of ketones is 1. The molecule has 0 saturated carbocycles. The average molecular weight is 430 g/mol. The number of ether oxygens (including phenoxy) is 2. The monoisotopic (exact) mass is 429 g/mol. The van der Waals surface area contributed by atoms with E-state index in [4.69, 9.17) is 9.47 Å². The highest BCUT2D eigenvalue weighted by Gasteiger charge is 2.24. The number of Topliss-reactive ketones (excluding diaryl/α,β-unsaturated/α-hetero) is 1. The van der Waals surface area contributed by atoms with E-state index in [1.807, 2.05) is 20.8 Å². The lowest BCUT2D eigenvalue weighted by Crippen LogP contribution is -2.22. The summed E-state index contributed by atoms with van der Waals surface area (Å²) in [5.74, 6) is 1.66. The maximum atomic E-state index is 14.5. The fourth-order valence-corrected chi connectivity index (χ4v) is 3.65. The molecule has 8 heteroatoms. The highest BCUT2D eigenvalue weighted by atomic mass is 32.2. The summed E-state index contributed by atoms with van der Waals surface area (Å²) in [4.78, 5) is 12.3. The number of aromatic nitrogens is 3. The molecule has 3 rings (SSSR count). The average Bonchev–Trinajstić information content (AvgIpc) is 3.13. The number of hydrogen-bond acceptors (Lipinski definition) is 6. The highest BCUT2D eigenvalue weighted by molar-refractivity contribution is 7.99. The van der Waals surface area contributed by atoms with Gasteiger partial charge in [0.1, 0.15) is 29.7 Å². The minimum Gasteiger partial charge on any atom is -0.497 e. The molecule has 0 amide bonds. The number of para-hydroxylation sites is 1. The minimum atomic E-state index is -0.462. The van der Waals surface area contributed by atoms with Crippen molar-refractivity contribution < 1.29 is 18.7 Å². The van der Waals surface area contributed by atoms with Crippen molar-refractivity contribution in [2.75, 3.05) is 12.9 Å². The van der Waals surface area contributed by atoms with Gasteiger partial charge in [0.15, 0.2) is 11.0 Å². The van der Waals surface area contributed by atoms with Crippen LogP contribution in [0.2, 0.25) is 0 Å². The molecule has 0 radical (unpaired) electrons. The van der Waals surface area contributed by atoms with Crippen molar-refractivity contribution in [1.29, 1.82) is 0 Å². The van der Waals surface area contributed by atoms with Gasteiger partial charge in [-0.05, 0) is 36.4 Å². The summed E-state index contributed by atoms with van der Waals surface area (Å²) in [5, 5.41) is 8.81. The molecule has 0 N–H and O–H groups in total. The second kappa shape index (κ2) is 9.30. The van der Waals surface area contributed by atoms with Crippen LogP contribution in [0.4, 0.5) is 4.39 Å². The van der Waals surface area contributed by atoms with E-state index in [1.54, 1.807) is 54.1 Å². The van der Waals surface area contributed by atoms with Crippen molar-refractivity contribution >= 4 is 17.5 Å². The smallest absolute Gasteiger partial charge is 0.196 e. The van der Waals surface area contributed by atoms with Crippen LogP contribution in [0.25, 0.3) is 5.69 Å². The van der Waals surface area contributed by atoms with Crippen LogP contribution in [-0.4, -0.2) is 33.4 Å². The molecule has 2 aromatic carbocycles. The van der Waals surface area contributed by atoms with E-state index >= 15 is 0 Å². The van der Waals surface area contributed by atoms with Crippen molar-refractivity contribution in [3.8, 4) is 17.2 Å². The van der Waals surface area contributed by atoms with E-state index in [0.29, 0.717) is 22.4 Å². The Morgan fingerprint density at radius 1 is 1.07 bits per heavy atom. The second-order valence-corrected chi connectivity index (χ2v) is 8.55. The minimum absolute atomic E-state index is 0.0756. The van der Waals surface area contributed by atoms with Crippen molar-refractivity contribution in [2.45, 2.75) is 32.5 Å². The number of benzene rings is 2. The first kappa shape index (κ1) is 21.8. The molecule has 0 atom stereocenters. The largest absolute Gasteiger partial charge is 0.497 e. The molecule has 0 fully saturated rings. The van der Waals surface area contributed by atoms with Crippen molar-refractivity contribution in [3.05, 3.63) is 60.2 Å². The molecule has 0 spiro atoms. The van der Waals surface area contributed by atoms with Gasteiger partial charge in [0.2, 0.25) is 0 Å². The molecular weight excluding hydrogens is 405 g/mol. The Kier molecular flexibility index (Phi) is 6.77. The molecule has 158 valence electrons. The summed E-state index contributed by atoms with van der Waals surface area (Å²) < 4.78 is 27.1. The summed E-state index contributed by atoms with van der Waals surface area (Å²) in [6.45, 7) is 5.68. The topological polar surface area (TPSA) is 66.2 Å². The number of methoxy groups -OCH3 is 1. The van der Waals surface area contributed by atoms with Crippen LogP contribution in [0.3, 0.4) is 0 Å². The Bertz CT molecular complexity index is 1010. The molecule has 0 aliphatic heterocycles. The van der Waals surface area contributed by atoms with Crippen LogP contribution in [-0.2, 0) is 11.4 Å². The van der Waals surface area contributed by atoms with E-state index in [9.17, 15) is 9.18 Å². The Morgan fingerprint density at radius 2 is 1.73 bits per heavy atom. The number of thioether (sulfide) groups is 1. The molecule has 0 saturated heterocycles. The normalized spacial score (nSPS) is 11.4. The zero-order valence-corrected chi connectivity index (χ0v) is 18.2. The molecule has 3 aromatic rings. The van der Waals surface area contributed by atoms with Crippen molar-refractivity contribution in [2.24, 2.45) is 5.41 Å². The third-order valence-electron chi connectivity index (χ3n) is 4.39. The first-order valence-electron chi connectivity index (χ1n) is 9.41. The lowest BCUT2D eigenvalue weighted by molar-refractivity contribution is -0.123. The van der Waals surface area contributed by atoms with Crippen LogP contribution < -0.4 is 9.47 Å². The number of halogens is 1. The predicted octanol–water partition coefficient (Wildman–Crippen LogP) is 4.70. The quantitative estimate of drug-likeness (QED) is 0.484. The van der Waals surface area contributed by atoms with Gasteiger partial charge in [-0.3, -0.25) is 9.36 Å². The van der Waals surface area contributed by atoms with E-state index in [0.717, 1.165) is 5.75 Å². The number of hydrogen-bond donors (Lipinski definition) is 0. The molecule has 1 aromatic heterocycles. The molecule has 0 unspecified atom stereocenters. The highest BCUT2D eigenvalue weighted by Crippen LogP contribution is 2.27. The second-order valence-electron chi connectivity index (χ2n) is 7.61. The summed E-state index contributed by atoms with van der Waals surface area (Å²) in [6.07, 6.45) is 0. The Morgan fingerprint density at radius 3 is 2.37 bits per heavy atom. The van der Waals surface area contributed by atoms with Gasteiger partial charge in [0, 0.05) is 5.41 Å². The molecule has 6 nitrogen and oxygen atoms in total. The number of carbonyl (C=O) groups is 1. The van der Waals surface area contributed by atoms with Gasteiger partial charge in [-0.2, -0.15) is 0 Å². The van der Waals surface area contributed by atoms with Crippen LogP contribution in [0.1, 0.15) is 26.6 Å². The van der Waals surface area contributed by atoms with Gasteiger partial charge in [0.05, 0.1) is 18.6 Å². The lowest BCUT2D eigenvalue weighted by Gasteiger charge is -2.16. The van der Waals surface area contributed by atoms with Gasteiger partial charge in [0.25, 0.3) is 0 Å². The van der Waals surface area contributed by atoms with Crippen LogP contribution in [0, 0.1) is 11.2 Å². The van der Waals surface area contributed by atoms with Crippen molar-refractivity contribution in [3.63, 3.8) is 0 Å². The molecular formula is C22H24FN3O3S. The lowest BCUT2D eigenvalue weighted by atomic mass is 9.92. The fraction of sp³-hybridized carbons (Fsp3) is 0.318. The third-order valence-corrected chi connectivity index (χ3v) is 5.32. The molecule has 30 heavy (non-hydrogen) atoms. The Hall–Kier alpha value is -2.87. The third kappa shape index (κ3) is 5.18. The van der Waals surface area contributed by atoms with Gasteiger partial charge in [-0.25, -0.2) is 4.39 Å². The zero-order valence-electron chi connectivity index (χ0n) is 17.4. The number of nitrogens with zero attached hydrogens (tertiary/aromatic N) is 3. The summed E-state index contributed by atoms with van der Waals surface area (Å²) in [6, 6.07) is 13.5. The number of carbonyl (C=O) groups excluding carboxylic acids is 1. The van der Waals surface area contributed by atoms with E-state index in [2.05, 4.69) is 10.2 Å². The first-order valence-corrected chi connectivity index (χ1v) is 10.4. The van der Waals surface area contributed by atoms with E-state index in [-0.39, 0.29) is 18.1 Å². The molecule has 0 aliphatic carbocycles. The fourth-order valence-electron chi connectivity index (χ4n) is 2.53. The van der Waals surface area contributed by atoms with Gasteiger partial charge < -0.3 is 9.47 Å². The van der Waals surface area contributed by atoms with Crippen LogP contribution in [0.15, 0.2) is 53.7 Å². The molecule has 0 aliphatic rings. The predicted molar refractivity (Wildman–Crippen MR) is 114 cm³/mol. The van der Waals surface area contributed by atoms with E-state index in [1.165, 1.54) is 17.8 Å². The van der Waals surface area contributed by atoms with Gasteiger partial charge in [-0.1, -0.05) is 44.7 Å². The zero-order chi connectivity index (χ0) is 21.7. The Balaban J connectivity index is 1.86.